The van der Waals surface area contributed by atoms with E-state index in [1.807, 2.05) is 6.07 Å². The number of para-hydroxylation sites is 1. The molecule has 33 heavy (non-hydrogen) atoms. The number of pyridine rings is 1. The van der Waals surface area contributed by atoms with Gasteiger partial charge in [0, 0.05) is 21.6 Å². The van der Waals surface area contributed by atoms with Gasteiger partial charge in [-0.3, -0.25) is 9.36 Å². The molecule has 5 rings (SSSR count). The van der Waals surface area contributed by atoms with E-state index < -0.39 is 22.7 Å². The Morgan fingerprint density at radius 3 is 2.33 bits per heavy atom. The Hall–Kier alpha value is -4.04. The van der Waals surface area contributed by atoms with Crippen LogP contribution in [0.1, 0.15) is 0 Å². The molecule has 0 saturated carbocycles. The van der Waals surface area contributed by atoms with Gasteiger partial charge in [0.1, 0.15) is 16.9 Å². The first-order valence-corrected chi connectivity index (χ1v) is 10.7. The highest BCUT2D eigenvalue weighted by molar-refractivity contribution is 9.10. The van der Waals surface area contributed by atoms with E-state index in [0.29, 0.717) is 28.1 Å². The van der Waals surface area contributed by atoms with Crippen LogP contribution in [-0.4, -0.2) is 16.8 Å². The van der Waals surface area contributed by atoms with E-state index in [0.717, 1.165) is 4.47 Å². The third-order valence-corrected chi connectivity index (χ3v) is 5.74. The Labute approximate surface area is 195 Å². The number of nitrogens with zero attached hydrogens (tertiary/aromatic N) is 1. The number of aromatic nitrogens is 1. The number of benzene rings is 3. The molecule has 0 aliphatic rings. The second kappa shape index (κ2) is 8.14. The third kappa shape index (κ3) is 3.54. The van der Waals surface area contributed by atoms with Crippen LogP contribution in [0.5, 0.6) is 23.0 Å². The minimum atomic E-state index is -0.906. The van der Waals surface area contributed by atoms with Crippen molar-refractivity contribution in [2.24, 2.45) is 0 Å². The molecular weight excluding hydrogens is 490 g/mol. The summed E-state index contributed by atoms with van der Waals surface area (Å²) in [6.45, 7) is 0. The zero-order valence-electron chi connectivity index (χ0n) is 17.2. The van der Waals surface area contributed by atoms with Gasteiger partial charge in [0.05, 0.1) is 12.6 Å². The maximum absolute atomic E-state index is 13.7. The van der Waals surface area contributed by atoms with E-state index in [1.54, 1.807) is 66.7 Å². The lowest BCUT2D eigenvalue weighted by atomic mass is 10.1. The second-order valence-corrected chi connectivity index (χ2v) is 8.10. The van der Waals surface area contributed by atoms with Crippen LogP contribution in [0.3, 0.4) is 0 Å². The van der Waals surface area contributed by atoms with Crippen LogP contribution in [-0.2, 0) is 0 Å². The molecule has 0 aliphatic carbocycles. The third-order valence-electron chi connectivity index (χ3n) is 5.21. The monoisotopic (exact) mass is 505 g/mol. The first-order chi connectivity index (χ1) is 16.0. The van der Waals surface area contributed by atoms with Crippen molar-refractivity contribution in [1.82, 2.24) is 4.57 Å². The number of rotatable bonds is 4. The lowest BCUT2D eigenvalue weighted by Crippen LogP contribution is -2.20. The Morgan fingerprint density at radius 2 is 1.64 bits per heavy atom. The Kier molecular flexibility index (Phi) is 5.14. The van der Waals surface area contributed by atoms with Gasteiger partial charge in [-0.1, -0.05) is 34.1 Å². The summed E-state index contributed by atoms with van der Waals surface area (Å²) in [5.41, 5.74) is -0.475. The predicted molar refractivity (Wildman–Crippen MR) is 128 cm³/mol. The molecule has 3 aromatic carbocycles. The molecule has 0 saturated heterocycles. The lowest BCUT2D eigenvalue weighted by molar-refractivity contribution is 0.387. The van der Waals surface area contributed by atoms with E-state index in [9.17, 15) is 14.7 Å². The van der Waals surface area contributed by atoms with E-state index in [-0.39, 0.29) is 11.0 Å². The Balaban J connectivity index is 1.87. The van der Waals surface area contributed by atoms with Gasteiger partial charge < -0.3 is 19.0 Å². The Morgan fingerprint density at radius 1 is 0.939 bits per heavy atom. The SMILES string of the molecule is COc1ccc2c3oc(=O)c(Oc4ccc(Br)cc4)c(O)c3c(=O)n(-c3ccccc3)c2c1. The van der Waals surface area contributed by atoms with Crippen LogP contribution >= 0.6 is 15.9 Å². The van der Waals surface area contributed by atoms with Crippen molar-refractivity contribution in [1.29, 1.82) is 0 Å². The molecule has 0 amide bonds. The van der Waals surface area contributed by atoms with Gasteiger partial charge >= 0.3 is 5.63 Å². The number of fused-ring (bicyclic) bond motifs is 3. The molecule has 1 N–H and O–H groups in total. The first kappa shape index (κ1) is 20.8. The fourth-order valence-electron chi connectivity index (χ4n) is 3.68. The number of ether oxygens (including phenoxy) is 2. The fourth-order valence-corrected chi connectivity index (χ4v) is 3.94. The fraction of sp³-hybridized carbons (Fsp3) is 0.0400. The molecule has 0 aliphatic heterocycles. The van der Waals surface area contributed by atoms with Crippen molar-refractivity contribution in [2.45, 2.75) is 0 Å². The molecule has 0 bridgehead atoms. The van der Waals surface area contributed by atoms with E-state index >= 15 is 0 Å². The van der Waals surface area contributed by atoms with Crippen molar-refractivity contribution in [3.63, 3.8) is 0 Å². The molecular formula is C25H16BrNO6. The highest BCUT2D eigenvalue weighted by Crippen LogP contribution is 2.36. The molecule has 8 heteroatoms. The number of aromatic hydroxyl groups is 1. The van der Waals surface area contributed by atoms with Crippen molar-refractivity contribution < 1.29 is 19.0 Å². The standard InChI is InChI=1S/C25H16BrNO6/c1-31-17-11-12-18-19(13-17)27(15-5-3-2-4-6-15)24(29)20-21(28)23(25(30)33-22(18)20)32-16-9-7-14(26)8-10-16/h2-13,28H,1H3. The molecule has 7 nitrogen and oxygen atoms in total. The summed E-state index contributed by atoms with van der Waals surface area (Å²) in [6, 6.07) is 20.7. The molecule has 0 spiro atoms. The van der Waals surface area contributed by atoms with Crippen LogP contribution in [0, 0.1) is 0 Å². The number of methoxy groups -OCH3 is 1. The zero-order valence-corrected chi connectivity index (χ0v) is 18.8. The van der Waals surface area contributed by atoms with Crippen molar-refractivity contribution in [2.75, 3.05) is 7.11 Å². The lowest BCUT2D eigenvalue weighted by Gasteiger charge is -2.15. The summed E-state index contributed by atoms with van der Waals surface area (Å²) in [5.74, 6) is -0.229. The van der Waals surface area contributed by atoms with Crippen LogP contribution in [0.2, 0.25) is 0 Å². The minimum absolute atomic E-state index is 0.0320. The largest absolute Gasteiger partial charge is 0.503 e. The molecule has 0 radical (unpaired) electrons. The second-order valence-electron chi connectivity index (χ2n) is 7.19. The quantitative estimate of drug-likeness (QED) is 0.330. The average molecular weight is 506 g/mol. The molecule has 0 atom stereocenters. The average Bonchev–Trinajstić information content (AvgIpc) is 2.83. The summed E-state index contributed by atoms with van der Waals surface area (Å²) in [5, 5.41) is 11.3. The molecule has 2 aromatic heterocycles. The summed E-state index contributed by atoms with van der Waals surface area (Å²) in [4.78, 5) is 26.4. The van der Waals surface area contributed by atoms with Crippen LogP contribution in [0.25, 0.3) is 27.6 Å². The first-order valence-electron chi connectivity index (χ1n) is 9.89. The van der Waals surface area contributed by atoms with Gasteiger partial charge in [-0.15, -0.1) is 0 Å². The minimum Gasteiger partial charge on any atom is -0.503 e. The van der Waals surface area contributed by atoms with Gasteiger partial charge in [-0.2, -0.15) is 0 Å². The highest BCUT2D eigenvalue weighted by atomic mass is 79.9. The number of halogens is 1. The van der Waals surface area contributed by atoms with E-state index in [4.69, 9.17) is 13.9 Å². The maximum Gasteiger partial charge on any atom is 0.383 e. The van der Waals surface area contributed by atoms with Crippen molar-refractivity contribution in [3.05, 3.63) is 98.0 Å². The smallest absolute Gasteiger partial charge is 0.383 e. The van der Waals surface area contributed by atoms with Gasteiger partial charge in [0.15, 0.2) is 11.3 Å². The molecule has 0 fully saturated rings. The summed E-state index contributed by atoms with van der Waals surface area (Å²) >= 11 is 3.33. The summed E-state index contributed by atoms with van der Waals surface area (Å²) < 4.78 is 18.7. The maximum atomic E-state index is 13.7. The highest BCUT2D eigenvalue weighted by Gasteiger charge is 2.24. The summed E-state index contributed by atoms with van der Waals surface area (Å²) in [7, 11) is 1.52. The molecule has 0 unspecified atom stereocenters. The Bertz CT molecular complexity index is 1620. The summed E-state index contributed by atoms with van der Waals surface area (Å²) in [6.07, 6.45) is 0. The van der Waals surface area contributed by atoms with Crippen molar-refractivity contribution in [3.8, 4) is 28.7 Å². The molecule has 2 heterocycles. The number of hydrogen-bond acceptors (Lipinski definition) is 6. The normalized spacial score (nSPS) is 11.1. The zero-order chi connectivity index (χ0) is 23.1. The number of hydrogen-bond donors (Lipinski definition) is 1. The van der Waals surface area contributed by atoms with Crippen LogP contribution < -0.4 is 20.7 Å². The predicted octanol–water partition coefficient (Wildman–Crippen LogP) is 5.37. The van der Waals surface area contributed by atoms with E-state index in [2.05, 4.69) is 15.9 Å². The van der Waals surface area contributed by atoms with Gasteiger partial charge in [-0.25, -0.2) is 4.79 Å². The van der Waals surface area contributed by atoms with Gasteiger partial charge in [0.25, 0.3) is 11.3 Å². The van der Waals surface area contributed by atoms with Crippen LogP contribution in [0.4, 0.5) is 0 Å². The van der Waals surface area contributed by atoms with Crippen LogP contribution in [0.15, 0.2) is 91.3 Å². The topological polar surface area (TPSA) is 90.9 Å². The van der Waals surface area contributed by atoms with E-state index in [1.165, 1.54) is 11.7 Å². The molecule has 5 aromatic rings. The van der Waals surface area contributed by atoms with Crippen molar-refractivity contribution >= 4 is 37.8 Å². The molecule has 164 valence electrons. The van der Waals surface area contributed by atoms with Gasteiger partial charge in [0.2, 0.25) is 0 Å². The van der Waals surface area contributed by atoms with Gasteiger partial charge in [-0.05, 0) is 48.5 Å².